The third kappa shape index (κ3) is 2.84. The molecule has 7 nitrogen and oxygen atoms in total. The Kier molecular flexibility index (Phi) is 4.12. The van der Waals surface area contributed by atoms with E-state index in [1.54, 1.807) is 30.1 Å². The molecule has 0 radical (unpaired) electrons. The molecule has 4 heterocycles. The number of nitrogens with zero attached hydrogens (tertiary/aromatic N) is 4. The number of nitrogens with one attached hydrogen (secondary N) is 1. The fraction of sp³-hybridized carbons (Fsp3) is 0.375. The van der Waals surface area contributed by atoms with Gasteiger partial charge in [0, 0.05) is 18.7 Å². The van der Waals surface area contributed by atoms with Crippen molar-refractivity contribution in [2.75, 3.05) is 18.0 Å². The van der Waals surface area contributed by atoms with Crippen molar-refractivity contribution in [1.82, 2.24) is 20.4 Å². The van der Waals surface area contributed by atoms with Crippen LogP contribution in [0.15, 0.2) is 34.8 Å². The van der Waals surface area contributed by atoms with Crippen LogP contribution in [0.2, 0.25) is 0 Å². The zero-order valence-electron chi connectivity index (χ0n) is 13.0. The van der Waals surface area contributed by atoms with Gasteiger partial charge >= 0.3 is 0 Å². The number of amides is 1. The van der Waals surface area contributed by atoms with Crippen LogP contribution in [0.1, 0.15) is 18.4 Å². The first-order chi connectivity index (χ1) is 11.8. The minimum absolute atomic E-state index is 0.0472. The predicted molar refractivity (Wildman–Crippen MR) is 91.0 cm³/mol. The molecule has 8 heteroatoms. The Morgan fingerprint density at radius 3 is 3.29 bits per heavy atom. The quantitative estimate of drug-likeness (QED) is 0.763. The summed E-state index contributed by atoms with van der Waals surface area (Å²) in [5, 5.41) is 9.70. The molecule has 0 aromatic carbocycles. The minimum atomic E-state index is -0.175. The lowest BCUT2D eigenvalue weighted by Gasteiger charge is -2.25. The van der Waals surface area contributed by atoms with Crippen molar-refractivity contribution in [3.05, 3.63) is 35.8 Å². The molecule has 1 fully saturated rings. The Labute approximate surface area is 142 Å². The summed E-state index contributed by atoms with van der Waals surface area (Å²) in [6, 6.07) is 1.85. The van der Waals surface area contributed by atoms with Crippen molar-refractivity contribution in [3.63, 3.8) is 0 Å². The molecule has 24 heavy (non-hydrogen) atoms. The van der Waals surface area contributed by atoms with Gasteiger partial charge in [0.1, 0.15) is 29.3 Å². The van der Waals surface area contributed by atoms with E-state index < -0.39 is 0 Å². The lowest BCUT2D eigenvalue weighted by Crippen LogP contribution is -2.44. The molecule has 1 aliphatic heterocycles. The van der Waals surface area contributed by atoms with Crippen LogP contribution in [0, 0.1) is 0 Å². The largest absolute Gasteiger partial charge is 0.364 e. The topological polar surface area (TPSA) is 84.2 Å². The Morgan fingerprint density at radius 1 is 1.46 bits per heavy atom. The molecule has 1 aliphatic rings. The SMILES string of the molecule is O=C(NCCc1cnoc1)C1CCCN1c1ncnc2sccc12. The summed E-state index contributed by atoms with van der Waals surface area (Å²) >= 11 is 1.59. The summed E-state index contributed by atoms with van der Waals surface area (Å²) in [7, 11) is 0. The highest BCUT2D eigenvalue weighted by molar-refractivity contribution is 7.16. The molecule has 4 rings (SSSR count). The van der Waals surface area contributed by atoms with E-state index in [0.29, 0.717) is 13.0 Å². The molecular weight excluding hydrogens is 326 g/mol. The van der Waals surface area contributed by atoms with E-state index >= 15 is 0 Å². The summed E-state index contributed by atoms with van der Waals surface area (Å²) in [5.41, 5.74) is 0.981. The normalized spacial score (nSPS) is 17.5. The summed E-state index contributed by atoms with van der Waals surface area (Å²) in [5.74, 6) is 0.906. The number of carbonyl (C=O) groups excluding carboxylic acids is 1. The van der Waals surface area contributed by atoms with Gasteiger partial charge in [0.15, 0.2) is 0 Å². The molecule has 1 saturated heterocycles. The van der Waals surface area contributed by atoms with Gasteiger partial charge in [0.05, 0.1) is 11.6 Å². The number of hydrogen-bond donors (Lipinski definition) is 1. The summed E-state index contributed by atoms with van der Waals surface area (Å²) in [4.78, 5) is 24.4. The fourth-order valence-corrected chi connectivity index (χ4v) is 3.82. The number of hydrogen-bond acceptors (Lipinski definition) is 7. The van der Waals surface area contributed by atoms with E-state index in [4.69, 9.17) is 4.52 Å². The monoisotopic (exact) mass is 343 g/mol. The molecule has 1 atom stereocenters. The Bertz CT molecular complexity index is 832. The minimum Gasteiger partial charge on any atom is -0.364 e. The van der Waals surface area contributed by atoms with Gasteiger partial charge in [0.2, 0.25) is 5.91 Å². The average Bonchev–Trinajstić information content (AvgIpc) is 3.34. The number of fused-ring (bicyclic) bond motifs is 1. The molecular formula is C16H17N5O2S. The number of anilines is 1. The lowest BCUT2D eigenvalue weighted by atomic mass is 10.2. The zero-order valence-corrected chi connectivity index (χ0v) is 13.8. The van der Waals surface area contributed by atoms with Crippen molar-refractivity contribution in [2.24, 2.45) is 0 Å². The maximum absolute atomic E-state index is 12.6. The smallest absolute Gasteiger partial charge is 0.242 e. The van der Waals surface area contributed by atoms with Crippen LogP contribution >= 0.6 is 11.3 Å². The molecule has 1 unspecified atom stereocenters. The van der Waals surface area contributed by atoms with Gasteiger partial charge in [-0.05, 0) is 30.7 Å². The molecule has 1 amide bonds. The van der Waals surface area contributed by atoms with Crippen LogP contribution in [0.3, 0.4) is 0 Å². The van der Waals surface area contributed by atoms with Crippen LogP contribution in [0.25, 0.3) is 10.2 Å². The number of aromatic nitrogens is 3. The van der Waals surface area contributed by atoms with E-state index in [-0.39, 0.29) is 11.9 Å². The number of carbonyl (C=O) groups is 1. The van der Waals surface area contributed by atoms with Crippen molar-refractivity contribution in [2.45, 2.75) is 25.3 Å². The molecule has 3 aromatic rings. The molecule has 1 N–H and O–H groups in total. The molecule has 0 spiro atoms. The molecule has 124 valence electrons. The van der Waals surface area contributed by atoms with Crippen molar-refractivity contribution in [3.8, 4) is 0 Å². The predicted octanol–water partition coefficient (Wildman–Crippen LogP) is 2.01. The van der Waals surface area contributed by atoms with Gasteiger partial charge in [-0.15, -0.1) is 11.3 Å². The second kappa shape index (κ2) is 6.56. The van der Waals surface area contributed by atoms with Gasteiger partial charge < -0.3 is 14.7 Å². The zero-order chi connectivity index (χ0) is 16.4. The van der Waals surface area contributed by atoms with E-state index in [2.05, 4.69) is 25.3 Å². The van der Waals surface area contributed by atoms with Crippen molar-refractivity contribution >= 4 is 33.3 Å². The fourth-order valence-electron chi connectivity index (χ4n) is 3.10. The molecule has 3 aromatic heterocycles. The summed E-state index contributed by atoms with van der Waals surface area (Å²) in [6.07, 6.45) is 7.39. The first-order valence-corrected chi connectivity index (χ1v) is 8.82. The summed E-state index contributed by atoms with van der Waals surface area (Å²) < 4.78 is 4.80. The lowest BCUT2D eigenvalue weighted by molar-refractivity contribution is -0.122. The van der Waals surface area contributed by atoms with Gasteiger partial charge in [-0.25, -0.2) is 9.97 Å². The van der Waals surface area contributed by atoms with Gasteiger partial charge in [0.25, 0.3) is 0 Å². The standard InChI is InChI=1S/C16H17N5O2S/c22-15(17-5-3-11-8-20-23-9-11)13-2-1-6-21(13)14-12-4-7-24-16(12)19-10-18-14/h4,7-10,13H,1-3,5-6H2,(H,17,22). The molecule has 0 bridgehead atoms. The second-order valence-electron chi connectivity index (χ2n) is 5.76. The maximum Gasteiger partial charge on any atom is 0.242 e. The third-order valence-electron chi connectivity index (χ3n) is 4.26. The highest BCUT2D eigenvalue weighted by atomic mass is 32.1. The first kappa shape index (κ1) is 15.1. The number of rotatable bonds is 5. The van der Waals surface area contributed by atoms with Gasteiger partial charge in [-0.3, -0.25) is 4.79 Å². The van der Waals surface area contributed by atoms with Crippen molar-refractivity contribution < 1.29 is 9.32 Å². The van der Waals surface area contributed by atoms with E-state index in [1.165, 1.54) is 0 Å². The average molecular weight is 343 g/mol. The third-order valence-corrected chi connectivity index (χ3v) is 5.09. The van der Waals surface area contributed by atoms with Crippen LogP contribution < -0.4 is 10.2 Å². The Balaban J connectivity index is 1.46. The Morgan fingerprint density at radius 2 is 2.42 bits per heavy atom. The summed E-state index contributed by atoms with van der Waals surface area (Å²) in [6.45, 7) is 1.41. The van der Waals surface area contributed by atoms with Crippen LogP contribution in [0.5, 0.6) is 0 Å². The Hall–Kier alpha value is -2.48. The highest BCUT2D eigenvalue weighted by Crippen LogP contribution is 2.31. The van der Waals surface area contributed by atoms with Crippen molar-refractivity contribution in [1.29, 1.82) is 0 Å². The van der Waals surface area contributed by atoms with Gasteiger partial charge in [-0.1, -0.05) is 5.16 Å². The van der Waals surface area contributed by atoms with Crippen LogP contribution in [-0.4, -0.2) is 40.2 Å². The molecule has 0 saturated carbocycles. The maximum atomic E-state index is 12.6. The number of thiophene rings is 1. The molecule has 0 aliphatic carbocycles. The highest BCUT2D eigenvalue weighted by Gasteiger charge is 2.32. The van der Waals surface area contributed by atoms with E-state index in [0.717, 1.165) is 41.0 Å². The van der Waals surface area contributed by atoms with E-state index in [9.17, 15) is 4.79 Å². The van der Waals surface area contributed by atoms with Gasteiger partial charge in [-0.2, -0.15) is 0 Å². The second-order valence-corrected chi connectivity index (χ2v) is 6.66. The first-order valence-electron chi connectivity index (χ1n) is 7.94. The van der Waals surface area contributed by atoms with Crippen LogP contribution in [-0.2, 0) is 11.2 Å². The van der Waals surface area contributed by atoms with E-state index in [1.807, 2.05) is 11.4 Å². The van der Waals surface area contributed by atoms with Crippen LogP contribution in [0.4, 0.5) is 5.82 Å².